The first-order valence-corrected chi connectivity index (χ1v) is 8.28. The van der Waals surface area contributed by atoms with E-state index in [-0.39, 0.29) is 6.04 Å². The lowest BCUT2D eigenvalue weighted by Crippen LogP contribution is -2.44. The minimum Gasteiger partial charge on any atom is -0.336 e. The van der Waals surface area contributed by atoms with Gasteiger partial charge >= 0.3 is 0 Å². The van der Waals surface area contributed by atoms with Gasteiger partial charge in [0, 0.05) is 25.5 Å². The molecule has 0 aliphatic carbocycles. The van der Waals surface area contributed by atoms with Crippen molar-refractivity contribution < 1.29 is 0 Å². The number of aromatic nitrogens is 2. The highest BCUT2D eigenvalue weighted by Crippen LogP contribution is 2.23. The second kappa shape index (κ2) is 7.07. The standard InChI is InChI=1S/C18H26N4/c1-3-22-12-9-16(10-13-22)20-17(15-7-5-4-6-8-15)18-19-11-14-21(18)2/h4-8,11,14,16-17,20H,3,9-10,12-13H2,1-2H3. The topological polar surface area (TPSA) is 33.1 Å². The first kappa shape index (κ1) is 15.3. The van der Waals surface area contributed by atoms with E-state index in [1.807, 2.05) is 12.4 Å². The van der Waals surface area contributed by atoms with Crippen molar-refractivity contribution in [2.24, 2.45) is 7.05 Å². The maximum atomic E-state index is 4.58. The van der Waals surface area contributed by atoms with Crippen LogP contribution in [0.1, 0.15) is 37.2 Å². The summed E-state index contributed by atoms with van der Waals surface area (Å²) < 4.78 is 2.12. The van der Waals surface area contributed by atoms with Gasteiger partial charge in [0.05, 0.1) is 6.04 Å². The van der Waals surface area contributed by atoms with Crippen molar-refractivity contribution in [2.75, 3.05) is 19.6 Å². The maximum absolute atomic E-state index is 4.58. The third-order valence-corrected chi connectivity index (χ3v) is 4.69. The molecule has 1 unspecified atom stereocenters. The Labute approximate surface area is 133 Å². The van der Waals surface area contributed by atoms with E-state index >= 15 is 0 Å². The zero-order chi connectivity index (χ0) is 15.4. The Morgan fingerprint density at radius 2 is 1.95 bits per heavy atom. The highest BCUT2D eigenvalue weighted by atomic mass is 15.2. The van der Waals surface area contributed by atoms with Crippen molar-refractivity contribution in [1.82, 2.24) is 19.8 Å². The Hall–Kier alpha value is -1.65. The van der Waals surface area contributed by atoms with Gasteiger partial charge in [0.25, 0.3) is 0 Å². The number of hydrogen-bond acceptors (Lipinski definition) is 3. The van der Waals surface area contributed by atoms with Crippen LogP contribution in [0, 0.1) is 0 Å². The zero-order valence-corrected chi connectivity index (χ0v) is 13.6. The van der Waals surface area contributed by atoms with E-state index in [9.17, 15) is 0 Å². The van der Waals surface area contributed by atoms with Gasteiger partial charge in [0.15, 0.2) is 0 Å². The Balaban J connectivity index is 1.77. The normalized spacial score (nSPS) is 18.5. The number of hydrogen-bond donors (Lipinski definition) is 1. The van der Waals surface area contributed by atoms with E-state index in [1.165, 1.54) is 31.5 Å². The smallest absolute Gasteiger partial charge is 0.130 e. The molecule has 22 heavy (non-hydrogen) atoms. The molecule has 4 nitrogen and oxygen atoms in total. The summed E-state index contributed by atoms with van der Waals surface area (Å²) in [4.78, 5) is 7.10. The number of rotatable bonds is 5. The SMILES string of the molecule is CCN1CCC(NC(c2ccccc2)c2nccn2C)CC1. The third kappa shape index (κ3) is 3.39. The molecule has 1 aliphatic rings. The van der Waals surface area contributed by atoms with E-state index in [0.717, 1.165) is 12.4 Å². The quantitative estimate of drug-likeness (QED) is 0.921. The molecule has 0 bridgehead atoms. The van der Waals surface area contributed by atoms with Crippen molar-refractivity contribution in [2.45, 2.75) is 31.8 Å². The highest BCUT2D eigenvalue weighted by Gasteiger charge is 2.24. The summed E-state index contributed by atoms with van der Waals surface area (Å²) in [6.45, 7) is 5.79. The van der Waals surface area contributed by atoms with Crippen LogP contribution >= 0.6 is 0 Å². The molecular weight excluding hydrogens is 272 g/mol. The van der Waals surface area contributed by atoms with Gasteiger partial charge in [0.1, 0.15) is 5.82 Å². The average Bonchev–Trinajstić information content (AvgIpc) is 3.00. The minimum atomic E-state index is 0.166. The molecule has 1 N–H and O–H groups in total. The Morgan fingerprint density at radius 3 is 2.55 bits per heavy atom. The van der Waals surface area contributed by atoms with Crippen molar-refractivity contribution in [3.05, 3.63) is 54.1 Å². The fraction of sp³-hybridized carbons (Fsp3) is 0.500. The number of piperidine rings is 1. The maximum Gasteiger partial charge on any atom is 0.130 e. The van der Waals surface area contributed by atoms with E-state index in [1.54, 1.807) is 0 Å². The Bertz CT molecular complexity index is 570. The second-order valence-electron chi connectivity index (χ2n) is 6.12. The summed E-state index contributed by atoms with van der Waals surface area (Å²) in [5.41, 5.74) is 1.29. The van der Waals surface area contributed by atoms with Gasteiger partial charge in [0.2, 0.25) is 0 Å². The van der Waals surface area contributed by atoms with E-state index in [2.05, 4.69) is 64.1 Å². The fourth-order valence-corrected chi connectivity index (χ4v) is 3.27. The molecule has 1 fully saturated rings. The monoisotopic (exact) mass is 298 g/mol. The summed E-state index contributed by atoms with van der Waals surface area (Å²) in [6, 6.07) is 11.4. The fourth-order valence-electron chi connectivity index (χ4n) is 3.27. The molecule has 118 valence electrons. The lowest BCUT2D eigenvalue weighted by atomic mass is 10.00. The molecule has 1 aromatic heterocycles. The van der Waals surface area contributed by atoms with Gasteiger partial charge in [-0.1, -0.05) is 37.3 Å². The van der Waals surface area contributed by atoms with Crippen LogP contribution in [0.4, 0.5) is 0 Å². The Morgan fingerprint density at radius 1 is 1.23 bits per heavy atom. The van der Waals surface area contributed by atoms with Crippen molar-refractivity contribution in [3.8, 4) is 0 Å². The van der Waals surface area contributed by atoms with Gasteiger partial charge in [-0.15, -0.1) is 0 Å². The minimum absolute atomic E-state index is 0.166. The lowest BCUT2D eigenvalue weighted by Gasteiger charge is -2.34. The third-order valence-electron chi connectivity index (χ3n) is 4.69. The van der Waals surface area contributed by atoms with Crippen molar-refractivity contribution >= 4 is 0 Å². The van der Waals surface area contributed by atoms with Crippen LogP contribution in [0.3, 0.4) is 0 Å². The number of nitrogens with zero attached hydrogens (tertiary/aromatic N) is 3. The number of imidazole rings is 1. The van der Waals surface area contributed by atoms with Crippen LogP contribution in [0.25, 0.3) is 0 Å². The molecule has 2 heterocycles. The summed E-state index contributed by atoms with van der Waals surface area (Å²) >= 11 is 0. The molecule has 0 saturated carbocycles. The summed E-state index contributed by atoms with van der Waals surface area (Å²) in [5.74, 6) is 1.09. The Kier molecular flexibility index (Phi) is 4.90. The summed E-state index contributed by atoms with van der Waals surface area (Å²) in [5, 5.41) is 3.85. The van der Waals surface area contributed by atoms with Crippen LogP contribution in [-0.4, -0.2) is 40.1 Å². The average molecular weight is 298 g/mol. The zero-order valence-electron chi connectivity index (χ0n) is 13.6. The van der Waals surface area contributed by atoms with Crippen LogP contribution in [0.15, 0.2) is 42.7 Å². The van der Waals surface area contributed by atoms with Crippen LogP contribution in [0.5, 0.6) is 0 Å². The molecule has 0 radical (unpaired) electrons. The molecule has 4 heteroatoms. The first-order chi connectivity index (χ1) is 10.8. The molecule has 3 rings (SSSR count). The van der Waals surface area contributed by atoms with Crippen LogP contribution < -0.4 is 5.32 Å². The molecular formula is C18H26N4. The number of aryl methyl sites for hydroxylation is 1. The lowest BCUT2D eigenvalue weighted by molar-refractivity contribution is 0.201. The van der Waals surface area contributed by atoms with E-state index < -0.39 is 0 Å². The summed E-state index contributed by atoms with van der Waals surface area (Å²) in [6.07, 6.45) is 6.32. The molecule has 1 saturated heterocycles. The predicted molar refractivity (Wildman–Crippen MR) is 89.8 cm³/mol. The van der Waals surface area contributed by atoms with Crippen molar-refractivity contribution in [1.29, 1.82) is 0 Å². The van der Waals surface area contributed by atoms with E-state index in [0.29, 0.717) is 6.04 Å². The summed E-state index contributed by atoms with van der Waals surface area (Å²) in [7, 11) is 2.07. The van der Waals surface area contributed by atoms with Gasteiger partial charge in [-0.05, 0) is 38.0 Å². The van der Waals surface area contributed by atoms with Gasteiger partial charge in [-0.3, -0.25) is 0 Å². The predicted octanol–water partition coefficient (Wildman–Crippen LogP) is 2.58. The van der Waals surface area contributed by atoms with Gasteiger partial charge < -0.3 is 14.8 Å². The van der Waals surface area contributed by atoms with E-state index in [4.69, 9.17) is 0 Å². The van der Waals surface area contributed by atoms with Gasteiger partial charge in [-0.2, -0.15) is 0 Å². The van der Waals surface area contributed by atoms with Crippen LogP contribution in [0.2, 0.25) is 0 Å². The molecule has 1 atom stereocenters. The highest BCUT2D eigenvalue weighted by molar-refractivity contribution is 5.25. The molecule has 0 amide bonds. The number of nitrogens with one attached hydrogen (secondary N) is 1. The second-order valence-corrected chi connectivity index (χ2v) is 6.12. The number of likely N-dealkylation sites (tertiary alicyclic amines) is 1. The number of benzene rings is 1. The molecule has 0 spiro atoms. The van der Waals surface area contributed by atoms with Crippen molar-refractivity contribution in [3.63, 3.8) is 0 Å². The van der Waals surface area contributed by atoms with Crippen LogP contribution in [-0.2, 0) is 7.05 Å². The molecule has 1 aliphatic heterocycles. The van der Waals surface area contributed by atoms with Gasteiger partial charge in [-0.25, -0.2) is 4.98 Å². The molecule has 1 aromatic carbocycles. The molecule has 2 aromatic rings. The largest absolute Gasteiger partial charge is 0.336 e. The first-order valence-electron chi connectivity index (χ1n) is 8.28.